The minimum atomic E-state index is -3.65. The first-order valence-corrected chi connectivity index (χ1v) is 11.9. The van der Waals surface area contributed by atoms with Gasteiger partial charge in [-0.15, -0.1) is 11.3 Å². The Morgan fingerprint density at radius 3 is 2.42 bits per heavy atom. The fraction of sp³-hybridized carbons (Fsp3) is 0.273. The summed E-state index contributed by atoms with van der Waals surface area (Å²) in [6.45, 7) is 3.87. The van der Waals surface area contributed by atoms with E-state index in [0.29, 0.717) is 16.3 Å². The molecule has 1 N–H and O–H groups in total. The summed E-state index contributed by atoms with van der Waals surface area (Å²) in [6, 6.07) is 12.5. The molecule has 7 nitrogen and oxygen atoms in total. The number of hydrogen-bond acceptors (Lipinski definition) is 6. The van der Waals surface area contributed by atoms with E-state index in [1.165, 1.54) is 56.3 Å². The van der Waals surface area contributed by atoms with Crippen LogP contribution in [0, 0.1) is 6.92 Å². The molecule has 0 unspecified atom stereocenters. The van der Waals surface area contributed by atoms with Gasteiger partial charge in [0, 0.05) is 19.7 Å². The van der Waals surface area contributed by atoms with Crippen molar-refractivity contribution in [3.63, 3.8) is 0 Å². The van der Waals surface area contributed by atoms with E-state index in [2.05, 4.69) is 17.2 Å². The van der Waals surface area contributed by atoms with Crippen LogP contribution in [0.4, 0.5) is 5.69 Å². The summed E-state index contributed by atoms with van der Waals surface area (Å²) in [4.78, 5) is 18.0. The summed E-state index contributed by atoms with van der Waals surface area (Å²) in [5.41, 5.74) is 3.06. The minimum Gasteiger partial charge on any atom is -0.495 e. The summed E-state index contributed by atoms with van der Waals surface area (Å²) < 4.78 is 31.3. The lowest BCUT2D eigenvalue weighted by Gasteiger charge is -2.15. The van der Waals surface area contributed by atoms with E-state index in [9.17, 15) is 13.2 Å². The van der Waals surface area contributed by atoms with Crippen molar-refractivity contribution in [3.8, 4) is 16.3 Å². The molecule has 0 aliphatic carbocycles. The maximum Gasteiger partial charge on any atom is 0.267 e. The average molecular weight is 460 g/mol. The Kier molecular flexibility index (Phi) is 6.78. The number of amides is 1. The second kappa shape index (κ2) is 9.17. The van der Waals surface area contributed by atoms with Crippen molar-refractivity contribution in [1.29, 1.82) is 0 Å². The standard InChI is InChI=1S/C22H25N3O4S2/c1-6-15-7-9-16(10-8-15)22-23-14(2)20(30-22)21(26)24-18-13-17(11-12-19(18)29-5)31(27,28)25(3)4/h7-13H,6H2,1-5H3,(H,24,26). The molecule has 3 aromatic rings. The molecule has 0 saturated carbocycles. The van der Waals surface area contributed by atoms with Crippen molar-refractivity contribution < 1.29 is 17.9 Å². The Hall–Kier alpha value is -2.75. The Morgan fingerprint density at radius 1 is 1.16 bits per heavy atom. The molecule has 0 spiro atoms. The molecule has 0 saturated heterocycles. The topological polar surface area (TPSA) is 88.6 Å². The number of aromatic nitrogens is 1. The van der Waals surface area contributed by atoms with Gasteiger partial charge >= 0.3 is 0 Å². The fourth-order valence-corrected chi connectivity index (χ4v) is 4.84. The van der Waals surface area contributed by atoms with Crippen LogP contribution < -0.4 is 10.1 Å². The molecule has 3 rings (SSSR count). The maximum absolute atomic E-state index is 13.0. The van der Waals surface area contributed by atoms with Gasteiger partial charge in [-0.2, -0.15) is 0 Å². The number of hydrogen-bond donors (Lipinski definition) is 1. The van der Waals surface area contributed by atoms with E-state index < -0.39 is 10.0 Å². The van der Waals surface area contributed by atoms with Crippen molar-refractivity contribution in [1.82, 2.24) is 9.29 Å². The molecule has 0 aliphatic rings. The quantitative estimate of drug-likeness (QED) is 0.572. The highest BCUT2D eigenvalue weighted by atomic mass is 32.2. The van der Waals surface area contributed by atoms with E-state index in [1.807, 2.05) is 24.3 Å². The highest BCUT2D eigenvalue weighted by Crippen LogP contribution is 2.32. The predicted molar refractivity (Wildman–Crippen MR) is 123 cm³/mol. The number of nitrogens with one attached hydrogen (secondary N) is 1. The molecular weight excluding hydrogens is 434 g/mol. The number of carbonyl (C=O) groups is 1. The first-order chi connectivity index (χ1) is 14.7. The predicted octanol–water partition coefficient (Wildman–Crippen LogP) is 4.19. The summed E-state index contributed by atoms with van der Waals surface area (Å²) in [5, 5.41) is 3.53. The van der Waals surface area contributed by atoms with Crippen LogP contribution in [0.25, 0.3) is 10.6 Å². The van der Waals surface area contributed by atoms with Crippen LogP contribution >= 0.6 is 11.3 Å². The van der Waals surface area contributed by atoms with Gasteiger partial charge in [-0.1, -0.05) is 31.2 Å². The fourth-order valence-electron chi connectivity index (χ4n) is 2.95. The Morgan fingerprint density at radius 2 is 1.84 bits per heavy atom. The smallest absolute Gasteiger partial charge is 0.267 e. The van der Waals surface area contributed by atoms with Crippen molar-refractivity contribution >= 4 is 33.0 Å². The zero-order chi connectivity index (χ0) is 22.8. The molecule has 164 valence electrons. The van der Waals surface area contributed by atoms with Crippen LogP contribution in [0.3, 0.4) is 0 Å². The molecule has 9 heteroatoms. The highest BCUT2D eigenvalue weighted by molar-refractivity contribution is 7.89. The number of nitrogens with zero attached hydrogens (tertiary/aromatic N) is 2. The van der Waals surface area contributed by atoms with E-state index in [4.69, 9.17) is 4.74 Å². The highest BCUT2D eigenvalue weighted by Gasteiger charge is 2.22. The molecule has 0 radical (unpaired) electrons. The molecule has 1 aromatic heterocycles. The summed E-state index contributed by atoms with van der Waals surface area (Å²) in [5.74, 6) is -0.00673. The minimum absolute atomic E-state index is 0.0614. The van der Waals surface area contributed by atoms with Gasteiger partial charge in [0.2, 0.25) is 10.0 Å². The monoisotopic (exact) mass is 459 g/mol. The van der Waals surface area contributed by atoms with Gasteiger partial charge in [0.15, 0.2) is 0 Å². The van der Waals surface area contributed by atoms with Gasteiger partial charge in [0.25, 0.3) is 5.91 Å². The number of methoxy groups -OCH3 is 1. The van der Waals surface area contributed by atoms with Crippen LogP contribution in [0.2, 0.25) is 0 Å². The molecule has 0 bridgehead atoms. The summed E-state index contributed by atoms with van der Waals surface area (Å²) in [6.07, 6.45) is 0.954. The summed E-state index contributed by atoms with van der Waals surface area (Å²) in [7, 11) is 0.708. The van der Waals surface area contributed by atoms with Crippen LogP contribution in [0.15, 0.2) is 47.4 Å². The molecule has 31 heavy (non-hydrogen) atoms. The number of anilines is 1. The van der Waals surface area contributed by atoms with Gasteiger partial charge in [-0.25, -0.2) is 17.7 Å². The number of thiazole rings is 1. The largest absolute Gasteiger partial charge is 0.495 e. The lowest BCUT2D eigenvalue weighted by atomic mass is 10.1. The van der Waals surface area contributed by atoms with Gasteiger partial charge in [-0.05, 0) is 37.1 Å². The number of benzene rings is 2. The Bertz CT molecular complexity index is 1200. The van der Waals surface area contributed by atoms with Crippen LogP contribution in [0.1, 0.15) is 27.9 Å². The number of carbonyl (C=O) groups excluding carboxylic acids is 1. The SMILES string of the molecule is CCc1ccc(-c2nc(C)c(C(=O)Nc3cc(S(=O)(=O)N(C)C)ccc3OC)s2)cc1. The lowest BCUT2D eigenvalue weighted by molar-refractivity contribution is 0.102. The zero-order valence-electron chi connectivity index (χ0n) is 18.1. The van der Waals surface area contributed by atoms with Crippen molar-refractivity contribution in [2.24, 2.45) is 0 Å². The van der Waals surface area contributed by atoms with Crippen LogP contribution in [-0.4, -0.2) is 44.8 Å². The van der Waals surface area contributed by atoms with Gasteiger partial charge in [0.05, 0.1) is 23.4 Å². The van der Waals surface area contributed by atoms with Gasteiger partial charge in [0.1, 0.15) is 15.6 Å². The van der Waals surface area contributed by atoms with Crippen molar-refractivity contribution in [3.05, 3.63) is 58.6 Å². The third kappa shape index (κ3) is 4.79. The second-order valence-electron chi connectivity index (χ2n) is 7.09. The first kappa shape index (κ1) is 22.9. The number of rotatable bonds is 7. The van der Waals surface area contributed by atoms with Gasteiger partial charge < -0.3 is 10.1 Å². The van der Waals surface area contributed by atoms with E-state index >= 15 is 0 Å². The van der Waals surface area contributed by atoms with E-state index in [0.717, 1.165) is 21.3 Å². The zero-order valence-corrected chi connectivity index (χ0v) is 19.7. The second-order valence-corrected chi connectivity index (χ2v) is 10.2. The summed E-state index contributed by atoms with van der Waals surface area (Å²) >= 11 is 1.29. The Balaban J connectivity index is 1.92. The number of sulfonamides is 1. The molecular formula is C22H25N3O4S2. The molecule has 0 aliphatic heterocycles. The Labute approximate surface area is 186 Å². The molecule has 0 atom stereocenters. The molecule has 1 amide bonds. The van der Waals surface area contributed by atoms with E-state index in [-0.39, 0.29) is 16.5 Å². The van der Waals surface area contributed by atoms with Crippen molar-refractivity contribution in [2.45, 2.75) is 25.2 Å². The van der Waals surface area contributed by atoms with E-state index in [1.54, 1.807) is 6.92 Å². The molecule has 0 fully saturated rings. The third-order valence-corrected chi connectivity index (χ3v) is 7.83. The number of ether oxygens (including phenoxy) is 1. The van der Waals surface area contributed by atoms with Crippen molar-refractivity contribution in [2.75, 3.05) is 26.5 Å². The molecule has 2 aromatic carbocycles. The van der Waals surface area contributed by atoms with Crippen LogP contribution in [0.5, 0.6) is 5.75 Å². The molecule has 1 heterocycles. The van der Waals surface area contributed by atoms with Crippen LogP contribution in [-0.2, 0) is 16.4 Å². The number of aryl methyl sites for hydroxylation is 2. The maximum atomic E-state index is 13.0. The first-order valence-electron chi connectivity index (χ1n) is 9.66. The third-order valence-electron chi connectivity index (χ3n) is 4.81. The van der Waals surface area contributed by atoms with Gasteiger partial charge in [-0.3, -0.25) is 4.79 Å². The normalized spacial score (nSPS) is 11.5. The lowest BCUT2D eigenvalue weighted by Crippen LogP contribution is -2.22. The average Bonchev–Trinajstić information content (AvgIpc) is 3.15.